The van der Waals surface area contributed by atoms with E-state index in [9.17, 15) is 30.1 Å². The summed E-state index contributed by atoms with van der Waals surface area (Å²) in [6.07, 6.45) is 0. The Balaban J connectivity index is 2.37. The SMILES string of the molecule is O=C(Nc1ccc([N+](=O)[O-])cc1Cl)c1cc([N+](=O)[O-])cc(Cl)c1O. The van der Waals surface area contributed by atoms with Crippen LogP contribution >= 0.6 is 23.2 Å². The number of nitrogens with one attached hydrogen (secondary N) is 1. The Morgan fingerprint density at radius 1 is 1.00 bits per heavy atom. The molecule has 0 fully saturated rings. The van der Waals surface area contributed by atoms with Gasteiger partial charge in [-0.25, -0.2) is 0 Å². The lowest BCUT2D eigenvalue weighted by atomic mass is 10.1. The zero-order valence-corrected chi connectivity index (χ0v) is 13.0. The molecule has 2 aromatic carbocycles. The van der Waals surface area contributed by atoms with E-state index >= 15 is 0 Å². The van der Waals surface area contributed by atoms with Crippen molar-refractivity contribution in [3.8, 4) is 5.75 Å². The smallest absolute Gasteiger partial charge is 0.271 e. The van der Waals surface area contributed by atoms with Gasteiger partial charge in [0.25, 0.3) is 17.3 Å². The fraction of sp³-hybridized carbons (Fsp3) is 0. The van der Waals surface area contributed by atoms with Crippen LogP contribution in [-0.2, 0) is 0 Å². The molecule has 0 aliphatic heterocycles. The van der Waals surface area contributed by atoms with Gasteiger partial charge in [0.1, 0.15) is 5.75 Å². The predicted octanol–water partition coefficient (Wildman–Crippen LogP) is 3.77. The summed E-state index contributed by atoms with van der Waals surface area (Å²) in [6.45, 7) is 0. The van der Waals surface area contributed by atoms with E-state index in [1.165, 1.54) is 6.07 Å². The van der Waals surface area contributed by atoms with Gasteiger partial charge in [-0.1, -0.05) is 23.2 Å². The van der Waals surface area contributed by atoms with E-state index in [1.54, 1.807) is 0 Å². The van der Waals surface area contributed by atoms with E-state index in [4.69, 9.17) is 23.2 Å². The average Bonchev–Trinajstić information content (AvgIpc) is 2.51. The van der Waals surface area contributed by atoms with Crippen molar-refractivity contribution < 1.29 is 19.7 Å². The minimum absolute atomic E-state index is 0.0225. The molecular formula is C13H7Cl2N3O6. The van der Waals surface area contributed by atoms with E-state index in [-0.39, 0.29) is 21.4 Å². The third kappa shape index (κ3) is 3.53. The lowest BCUT2D eigenvalue weighted by molar-refractivity contribution is -0.385. The second-order valence-corrected chi connectivity index (χ2v) is 5.27. The van der Waals surface area contributed by atoms with Gasteiger partial charge in [-0.15, -0.1) is 0 Å². The Labute approximate surface area is 143 Å². The van der Waals surface area contributed by atoms with Gasteiger partial charge in [-0.05, 0) is 6.07 Å². The number of benzene rings is 2. The molecule has 0 bridgehead atoms. The van der Waals surface area contributed by atoms with Crippen molar-refractivity contribution >= 4 is 46.2 Å². The van der Waals surface area contributed by atoms with Crippen LogP contribution in [0, 0.1) is 20.2 Å². The fourth-order valence-corrected chi connectivity index (χ4v) is 2.21. The number of phenolic OH excluding ortho intramolecular Hbond substituents is 1. The Morgan fingerprint density at radius 2 is 1.58 bits per heavy atom. The van der Waals surface area contributed by atoms with Crippen LogP contribution in [0.2, 0.25) is 10.0 Å². The molecule has 0 aliphatic carbocycles. The van der Waals surface area contributed by atoms with Gasteiger partial charge in [0.05, 0.1) is 31.1 Å². The molecule has 0 aliphatic rings. The van der Waals surface area contributed by atoms with Gasteiger partial charge in [0.15, 0.2) is 0 Å². The highest BCUT2D eigenvalue weighted by Crippen LogP contribution is 2.33. The molecule has 0 spiro atoms. The van der Waals surface area contributed by atoms with Crippen LogP contribution < -0.4 is 5.32 Å². The number of carbonyl (C=O) groups is 1. The zero-order chi connectivity index (χ0) is 18.0. The molecule has 24 heavy (non-hydrogen) atoms. The van der Waals surface area contributed by atoms with Crippen molar-refractivity contribution in [3.05, 3.63) is 66.2 Å². The first kappa shape index (κ1) is 17.4. The first-order valence-corrected chi connectivity index (χ1v) is 6.88. The van der Waals surface area contributed by atoms with Crippen molar-refractivity contribution in [1.29, 1.82) is 0 Å². The van der Waals surface area contributed by atoms with Crippen LogP contribution in [0.5, 0.6) is 5.75 Å². The molecule has 2 aromatic rings. The van der Waals surface area contributed by atoms with Gasteiger partial charge in [-0.3, -0.25) is 25.0 Å². The molecule has 0 unspecified atom stereocenters. The summed E-state index contributed by atoms with van der Waals surface area (Å²) in [6, 6.07) is 5.07. The molecule has 2 N–H and O–H groups in total. The van der Waals surface area contributed by atoms with Gasteiger partial charge in [-0.2, -0.15) is 0 Å². The fourth-order valence-electron chi connectivity index (χ4n) is 1.77. The molecule has 0 heterocycles. The van der Waals surface area contributed by atoms with Crippen LogP contribution in [-0.4, -0.2) is 20.9 Å². The van der Waals surface area contributed by atoms with Gasteiger partial charge < -0.3 is 10.4 Å². The summed E-state index contributed by atoms with van der Waals surface area (Å²) in [5.74, 6) is -1.56. The van der Waals surface area contributed by atoms with Gasteiger partial charge in [0, 0.05) is 24.3 Å². The van der Waals surface area contributed by atoms with Crippen molar-refractivity contribution in [1.82, 2.24) is 0 Å². The third-order valence-electron chi connectivity index (χ3n) is 2.92. The van der Waals surface area contributed by atoms with Crippen LogP contribution in [0.1, 0.15) is 10.4 Å². The molecule has 124 valence electrons. The summed E-state index contributed by atoms with van der Waals surface area (Å²) in [5.41, 5.74) is -1.19. The normalized spacial score (nSPS) is 10.2. The molecule has 1 amide bonds. The number of hydrogen-bond acceptors (Lipinski definition) is 6. The minimum Gasteiger partial charge on any atom is -0.506 e. The van der Waals surface area contributed by atoms with Crippen molar-refractivity contribution in [3.63, 3.8) is 0 Å². The minimum atomic E-state index is -0.922. The molecule has 9 nitrogen and oxygen atoms in total. The zero-order valence-electron chi connectivity index (χ0n) is 11.5. The summed E-state index contributed by atoms with van der Waals surface area (Å²) in [7, 11) is 0. The maximum atomic E-state index is 12.2. The number of non-ortho nitro benzene ring substituents is 2. The Morgan fingerprint density at radius 3 is 2.12 bits per heavy atom. The maximum Gasteiger partial charge on any atom is 0.271 e. The number of phenols is 1. The Bertz CT molecular complexity index is 871. The van der Waals surface area contributed by atoms with Crippen molar-refractivity contribution in [2.45, 2.75) is 0 Å². The molecule has 2 rings (SSSR count). The first-order chi connectivity index (χ1) is 11.2. The Hall–Kier alpha value is -2.91. The predicted molar refractivity (Wildman–Crippen MR) is 85.8 cm³/mol. The molecule has 0 aromatic heterocycles. The molecule has 0 saturated carbocycles. The van der Waals surface area contributed by atoms with E-state index in [0.29, 0.717) is 0 Å². The summed E-state index contributed by atoms with van der Waals surface area (Å²) < 4.78 is 0. The Kier molecular flexibility index (Phi) is 4.86. The average molecular weight is 372 g/mol. The van der Waals surface area contributed by atoms with Crippen molar-refractivity contribution in [2.24, 2.45) is 0 Å². The van der Waals surface area contributed by atoms with E-state index in [2.05, 4.69) is 5.32 Å². The van der Waals surface area contributed by atoms with Crippen molar-refractivity contribution in [2.75, 3.05) is 5.32 Å². The van der Waals surface area contributed by atoms with E-state index < -0.39 is 32.8 Å². The second kappa shape index (κ2) is 6.69. The number of nitrogens with zero attached hydrogens (tertiary/aromatic N) is 2. The number of nitro groups is 2. The van der Waals surface area contributed by atoms with E-state index in [1.807, 2.05) is 0 Å². The largest absolute Gasteiger partial charge is 0.506 e. The highest BCUT2D eigenvalue weighted by atomic mass is 35.5. The highest BCUT2D eigenvalue weighted by Gasteiger charge is 2.21. The number of rotatable bonds is 4. The number of hydrogen-bond donors (Lipinski definition) is 2. The lowest BCUT2D eigenvalue weighted by Crippen LogP contribution is -2.13. The summed E-state index contributed by atoms with van der Waals surface area (Å²) >= 11 is 11.5. The molecule has 11 heteroatoms. The van der Waals surface area contributed by atoms with Gasteiger partial charge >= 0.3 is 0 Å². The number of amides is 1. The first-order valence-electron chi connectivity index (χ1n) is 6.13. The van der Waals surface area contributed by atoms with Crippen LogP contribution in [0.25, 0.3) is 0 Å². The molecular weight excluding hydrogens is 365 g/mol. The van der Waals surface area contributed by atoms with Crippen LogP contribution in [0.3, 0.4) is 0 Å². The number of nitro benzene ring substituents is 2. The molecule has 0 atom stereocenters. The third-order valence-corrected chi connectivity index (χ3v) is 3.52. The second-order valence-electron chi connectivity index (χ2n) is 4.46. The van der Waals surface area contributed by atoms with E-state index in [0.717, 1.165) is 24.3 Å². The summed E-state index contributed by atoms with van der Waals surface area (Å²) in [4.78, 5) is 32.2. The quantitative estimate of drug-likeness (QED) is 0.619. The highest BCUT2D eigenvalue weighted by molar-refractivity contribution is 6.34. The number of carbonyl (C=O) groups excluding carboxylic acids is 1. The standard InChI is InChI=1S/C13H7Cl2N3O6/c14-9-4-6(17(21)22)1-2-11(9)16-13(20)8-3-7(18(23)24)5-10(15)12(8)19/h1-5,19H,(H,16,20). The molecule has 0 radical (unpaired) electrons. The monoisotopic (exact) mass is 371 g/mol. The van der Waals surface area contributed by atoms with Crippen LogP contribution in [0.15, 0.2) is 30.3 Å². The van der Waals surface area contributed by atoms with Crippen LogP contribution in [0.4, 0.5) is 17.1 Å². The number of anilines is 1. The number of aromatic hydroxyl groups is 1. The topological polar surface area (TPSA) is 136 Å². The molecule has 0 saturated heterocycles. The van der Waals surface area contributed by atoms with Gasteiger partial charge in [0.2, 0.25) is 0 Å². The lowest BCUT2D eigenvalue weighted by Gasteiger charge is -2.09. The summed E-state index contributed by atoms with van der Waals surface area (Å²) in [5, 5.41) is 33.0. The maximum absolute atomic E-state index is 12.2. The number of halogens is 2.